The molecule has 0 saturated carbocycles. The first-order valence-corrected chi connectivity index (χ1v) is 10.9. The molecule has 2 saturated heterocycles. The highest BCUT2D eigenvalue weighted by atomic mass is 32.2. The van der Waals surface area contributed by atoms with Crippen LogP contribution in [0.5, 0.6) is 0 Å². The van der Waals surface area contributed by atoms with E-state index in [2.05, 4.69) is 0 Å². The highest BCUT2D eigenvalue weighted by molar-refractivity contribution is 7.89. The van der Waals surface area contributed by atoms with Gasteiger partial charge in [0.2, 0.25) is 15.9 Å². The molecule has 2 fully saturated rings. The number of carbonyl (C=O) groups excluding carboxylic acids is 1. The Balaban J connectivity index is 1.55. The number of sulfonamides is 1. The Morgan fingerprint density at radius 1 is 1.00 bits per heavy atom. The lowest BCUT2D eigenvalue weighted by Gasteiger charge is -2.38. The van der Waals surface area contributed by atoms with Crippen LogP contribution in [0.4, 0.5) is 17.6 Å². The summed E-state index contributed by atoms with van der Waals surface area (Å²) in [5.41, 5.74) is 0. The third-order valence-electron chi connectivity index (χ3n) is 5.41. The fraction of sp³-hybridized carbons (Fsp3) is 0.611. The van der Waals surface area contributed by atoms with Gasteiger partial charge in [0.1, 0.15) is 0 Å². The lowest BCUT2D eigenvalue weighted by molar-refractivity contribution is -0.138. The minimum Gasteiger partial charge on any atom is -0.340 e. The molecule has 29 heavy (non-hydrogen) atoms. The van der Waals surface area contributed by atoms with E-state index in [0.717, 1.165) is 12.1 Å². The summed E-state index contributed by atoms with van der Waals surface area (Å²) in [7, 11) is -3.97. The lowest BCUT2D eigenvalue weighted by atomic mass is 9.96. The third-order valence-corrected chi connectivity index (χ3v) is 7.31. The largest absolute Gasteiger partial charge is 0.340 e. The molecule has 0 atom stereocenters. The molecule has 6 nitrogen and oxygen atoms in total. The molecule has 0 aromatic heterocycles. The number of rotatable bonds is 5. The smallest absolute Gasteiger partial charge is 0.251 e. The van der Waals surface area contributed by atoms with Crippen molar-refractivity contribution in [3.8, 4) is 0 Å². The second-order valence-corrected chi connectivity index (χ2v) is 9.21. The van der Waals surface area contributed by atoms with Crippen LogP contribution in [0.2, 0.25) is 0 Å². The number of hydrogen-bond donors (Lipinski definition) is 0. The summed E-state index contributed by atoms with van der Waals surface area (Å²) in [4.78, 5) is 15.6. The standard InChI is InChI=1S/C18H23F4N3O3S/c19-15-2-1-14(11-16(15)20)29(27,28)25-5-3-13(4-6-25)18(26)24-9-7-23(8-10-24)12-17(21)22/h1-2,11,13,17H,3-10,12H2. The predicted octanol–water partition coefficient (Wildman–Crippen LogP) is 1.77. The van der Waals surface area contributed by atoms with Crippen LogP contribution in [0, 0.1) is 17.6 Å². The summed E-state index contributed by atoms with van der Waals surface area (Å²) in [5, 5.41) is 0. The van der Waals surface area contributed by atoms with Gasteiger partial charge in [0.05, 0.1) is 11.4 Å². The number of nitrogens with zero attached hydrogens (tertiary/aromatic N) is 3. The van der Waals surface area contributed by atoms with Crippen LogP contribution >= 0.6 is 0 Å². The van der Waals surface area contributed by atoms with Crippen LogP contribution < -0.4 is 0 Å². The molecule has 0 unspecified atom stereocenters. The van der Waals surface area contributed by atoms with E-state index in [1.54, 1.807) is 9.80 Å². The van der Waals surface area contributed by atoms with Crippen LogP contribution in [0.25, 0.3) is 0 Å². The summed E-state index contributed by atoms with van der Waals surface area (Å²) in [6.45, 7) is 1.42. The van der Waals surface area contributed by atoms with Gasteiger partial charge in [-0.15, -0.1) is 0 Å². The van der Waals surface area contributed by atoms with E-state index in [1.807, 2.05) is 0 Å². The monoisotopic (exact) mass is 437 g/mol. The first-order chi connectivity index (χ1) is 13.7. The van der Waals surface area contributed by atoms with Gasteiger partial charge in [-0.25, -0.2) is 26.0 Å². The van der Waals surface area contributed by atoms with E-state index in [0.29, 0.717) is 45.1 Å². The van der Waals surface area contributed by atoms with Gasteiger partial charge in [-0.05, 0) is 31.0 Å². The molecule has 1 aromatic carbocycles. The fourth-order valence-electron chi connectivity index (χ4n) is 3.73. The van der Waals surface area contributed by atoms with Crippen molar-refractivity contribution in [1.82, 2.24) is 14.1 Å². The molecular weight excluding hydrogens is 414 g/mol. The van der Waals surface area contributed by atoms with E-state index in [9.17, 15) is 30.8 Å². The Morgan fingerprint density at radius 3 is 2.17 bits per heavy atom. The normalized spacial score (nSPS) is 20.4. The maximum absolute atomic E-state index is 13.4. The molecule has 2 aliphatic heterocycles. The Labute approximate surface area is 167 Å². The van der Waals surface area contributed by atoms with Crippen molar-refractivity contribution in [1.29, 1.82) is 0 Å². The SMILES string of the molecule is O=C(C1CCN(S(=O)(=O)c2ccc(F)c(F)c2)CC1)N1CCN(CC(F)F)CC1. The van der Waals surface area contributed by atoms with Gasteiger partial charge >= 0.3 is 0 Å². The Hall–Kier alpha value is -1.72. The minimum absolute atomic E-state index is 0.0911. The van der Waals surface area contributed by atoms with Gasteiger partial charge in [0.15, 0.2) is 11.6 Å². The zero-order chi connectivity index (χ0) is 21.2. The summed E-state index contributed by atoms with van der Waals surface area (Å²) >= 11 is 0. The second-order valence-electron chi connectivity index (χ2n) is 7.27. The molecule has 2 heterocycles. The average Bonchev–Trinajstić information content (AvgIpc) is 2.69. The van der Waals surface area contributed by atoms with Crippen molar-refractivity contribution in [2.45, 2.75) is 24.2 Å². The zero-order valence-corrected chi connectivity index (χ0v) is 16.6. The molecule has 0 bridgehead atoms. The third kappa shape index (κ3) is 5.07. The van der Waals surface area contributed by atoms with Gasteiger partial charge in [-0.1, -0.05) is 0 Å². The van der Waals surface area contributed by atoms with Crippen LogP contribution in [0.1, 0.15) is 12.8 Å². The average molecular weight is 437 g/mol. The van der Waals surface area contributed by atoms with Crippen molar-refractivity contribution in [3.05, 3.63) is 29.8 Å². The number of carbonyl (C=O) groups is 1. The Kier molecular flexibility index (Phi) is 6.79. The molecule has 3 rings (SSSR count). The molecule has 1 aromatic rings. The van der Waals surface area contributed by atoms with E-state index in [4.69, 9.17) is 0 Å². The van der Waals surface area contributed by atoms with E-state index in [1.165, 1.54) is 4.31 Å². The van der Waals surface area contributed by atoms with Crippen molar-refractivity contribution in [2.24, 2.45) is 5.92 Å². The second kappa shape index (κ2) is 8.97. The lowest BCUT2D eigenvalue weighted by Crippen LogP contribution is -2.52. The van der Waals surface area contributed by atoms with Crippen molar-refractivity contribution in [3.63, 3.8) is 0 Å². The maximum atomic E-state index is 13.4. The number of alkyl halides is 2. The van der Waals surface area contributed by atoms with Crippen molar-refractivity contribution in [2.75, 3.05) is 45.8 Å². The number of piperidine rings is 1. The quantitative estimate of drug-likeness (QED) is 0.659. The molecule has 11 heteroatoms. The number of piperazine rings is 1. The first-order valence-electron chi connectivity index (χ1n) is 9.43. The minimum atomic E-state index is -3.97. The van der Waals surface area contributed by atoms with Gasteiger partial charge in [0, 0.05) is 45.2 Å². The van der Waals surface area contributed by atoms with Crippen LogP contribution in [-0.2, 0) is 14.8 Å². The van der Waals surface area contributed by atoms with Crippen molar-refractivity contribution < 1.29 is 30.8 Å². The van der Waals surface area contributed by atoms with Crippen LogP contribution in [-0.4, -0.2) is 80.7 Å². The van der Waals surface area contributed by atoms with E-state index < -0.39 is 28.1 Å². The van der Waals surface area contributed by atoms with E-state index in [-0.39, 0.29) is 36.4 Å². The topological polar surface area (TPSA) is 60.9 Å². The Morgan fingerprint density at radius 2 is 1.62 bits per heavy atom. The molecular formula is C18H23F4N3O3S. The molecule has 2 aliphatic rings. The Bertz CT molecular complexity index is 837. The van der Waals surface area contributed by atoms with Gasteiger partial charge in [-0.2, -0.15) is 4.31 Å². The van der Waals surface area contributed by atoms with E-state index >= 15 is 0 Å². The number of halogens is 4. The van der Waals surface area contributed by atoms with Crippen molar-refractivity contribution >= 4 is 15.9 Å². The molecule has 0 N–H and O–H groups in total. The zero-order valence-electron chi connectivity index (χ0n) is 15.7. The maximum Gasteiger partial charge on any atom is 0.251 e. The fourth-order valence-corrected chi connectivity index (χ4v) is 5.22. The molecule has 0 spiro atoms. The number of amides is 1. The van der Waals surface area contributed by atoms with Crippen LogP contribution in [0.3, 0.4) is 0 Å². The molecule has 0 radical (unpaired) electrons. The summed E-state index contributed by atoms with van der Waals surface area (Å²) in [6, 6.07) is 2.44. The highest BCUT2D eigenvalue weighted by Crippen LogP contribution is 2.26. The van der Waals surface area contributed by atoms with Gasteiger partial charge < -0.3 is 4.90 Å². The molecule has 162 valence electrons. The highest BCUT2D eigenvalue weighted by Gasteiger charge is 2.35. The van der Waals surface area contributed by atoms with Gasteiger partial charge in [0.25, 0.3) is 6.43 Å². The first kappa shape index (κ1) is 22.0. The molecule has 0 aliphatic carbocycles. The number of hydrogen-bond acceptors (Lipinski definition) is 4. The van der Waals surface area contributed by atoms with Crippen LogP contribution in [0.15, 0.2) is 23.1 Å². The summed E-state index contributed by atoms with van der Waals surface area (Å²) < 4.78 is 77.8. The summed E-state index contributed by atoms with van der Waals surface area (Å²) in [6.07, 6.45) is -1.77. The predicted molar refractivity (Wildman–Crippen MR) is 96.9 cm³/mol. The summed E-state index contributed by atoms with van der Waals surface area (Å²) in [5.74, 6) is -2.79. The number of benzene rings is 1. The van der Waals surface area contributed by atoms with Gasteiger partial charge in [-0.3, -0.25) is 9.69 Å². The molecule has 1 amide bonds.